The summed E-state index contributed by atoms with van der Waals surface area (Å²) >= 11 is 0. The predicted octanol–water partition coefficient (Wildman–Crippen LogP) is -2.78. The number of aliphatic hydroxyl groups is 2. The van der Waals surface area contributed by atoms with Gasteiger partial charge in [0, 0.05) is 6.42 Å². The monoisotopic (exact) mass is 590 g/mol. The van der Waals surface area contributed by atoms with Crippen LogP contribution in [0.15, 0.2) is 24.8 Å². The van der Waals surface area contributed by atoms with E-state index in [4.69, 9.17) is 56.3 Å². The number of nitrogen functional groups attached to an aromatic ring is 1. The highest BCUT2D eigenvalue weighted by molar-refractivity contribution is 7.97. The molecule has 1 fully saturated rings. The second-order valence-corrected chi connectivity index (χ2v) is 11.8. The van der Waals surface area contributed by atoms with Crippen LogP contribution in [0.2, 0.25) is 0 Å². The lowest BCUT2D eigenvalue weighted by molar-refractivity contribution is -0.0290. The normalized spacial score (nSPS) is 28.3. The van der Waals surface area contributed by atoms with Crippen molar-refractivity contribution in [3.05, 3.63) is 24.8 Å². The van der Waals surface area contributed by atoms with Crippen LogP contribution in [0, 0.1) is 0 Å². The number of rotatable bonds is 5. The van der Waals surface area contributed by atoms with Gasteiger partial charge in [-0.2, -0.15) is 8.42 Å². The van der Waals surface area contributed by atoms with Crippen molar-refractivity contribution in [1.29, 1.82) is 0 Å². The molecule has 1 aliphatic carbocycles. The fraction of sp³-hybridized carbons (Fsp3) is 0.562. The molecule has 1 aliphatic heterocycles. The van der Waals surface area contributed by atoms with E-state index in [1.54, 1.807) is 4.57 Å². The smallest absolute Gasteiger partial charge is 0.394 e. The van der Waals surface area contributed by atoms with Crippen molar-refractivity contribution in [2.24, 2.45) is 5.90 Å². The lowest BCUT2D eigenvalue weighted by Crippen LogP contribution is -2.37. The van der Waals surface area contributed by atoms with Crippen molar-refractivity contribution >= 4 is 48.7 Å². The molecular formula is C16H26N6O12S3. The van der Waals surface area contributed by atoms with Crippen molar-refractivity contribution in [2.75, 3.05) is 17.7 Å². The number of imidazole rings is 1. The first-order valence-corrected chi connectivity index (χ1v) is 14.6. The first kappa shape index (κ1) is 31.2. The average Bonchev–Trinajstić information content (AvgIpc) is 3.46. The molecule has 0 radical (unpaired) electrons. The summed E-state index contributed by atoms with van der Waals surface area (Å²) in [6.45, 7) is 0. The van der Waals surface area contributed by atoms with Crippen LogP contribution in [-0.2, 0) is 41.3 Å². The topological polar surface area (TPSA) is 307 Å². The van der Waals surface area contributed by atoms with Gasteiger partial charge in [-0.3, -0.25) is 23.1 Å². The Hall–Kier alpha value is -2.02. The number of anilines is 1. The van der Waals surface area contributed by atoms with E-state index in [0.29, 0.717) is 22.2 Å². The molecule has 18 nitrogen and oxygen atoms in total. The summed E-state index contributed by atoms with van der Waals surface area (Å²) < 4.78 is 72.0. The Bertz CT molecular complexity index is 1240. The number of aliphatic hydroxyl groups excluding tert-OH is 2. The van der Waals surface area contributed by atoms with Gasteiger partial charge in [0.05, 0.1) is 12.6 Å². The lowest BCUT2D eigenvalue weighted by Gasteiger charge is -2.17. The molecule has 0 amide bonds. The fourth-order valence-electron chi connectivity index (χ4n) is 3.57. The molecule has 0 aromatic carbocycles. The highest BCUT2D eigenvalue weighted by Gasteiger charge is 2.47. The molecule has 37 heavy (non-hydrogen) atoms. The van der Waals surface area contributed by atoms with Crippen molar-refractivity contribution in [3.8, 4) is 0 Å². The number of ether oxygens (including phenoxy) is 1. The van der Waals surface area contributed by atoms with E-state index in [1.165, 1.54) is 12.7 Å². The largest absolute Gasteiger partial charge is 0.726 e. The molecule has 3 heterocycles. The second kappa shape index (κ2) is 12.7. The van der Waals surface area contributed by atoms with E-state index in [0.717, 1.165) is 6.42 Å². The zero-order chi connectivity index (χ0) is 28.1. The third-order valence-electron chi connectivity index (χ3n) is 5.12. The Morgan fingerprint density at radius 2 is 1.76 bits per heavy atom. The summed E-state index contributed by atoms with van der Waals surface area (Å²) in [5.74, 6) is 6.12. The fourth-order valence-corrected chi connectivity index (χ4v) is 5.49. The molecule has 0 saturated carbocycles. The first-order chi connectivity index (χ1) is 17.0. The maximum Gasteiger partial charge on any atom is 0.394 e. The van der Waals surface area contributed by atoms with E-state index in [1.807, 2.05) is 6.08 Å². The maximum atomic E-state index is 10.5. The zero-order valence-corrected chi connectivity index (χ0v) is 21.4. The highest BCUT2D eigenvalue weighted by atomic mass is 32.3. The van der Waals surface area contributed by atoms with E-state index in [2.05, 4.69) is 27.3 Å². The quantitative estimate of drug-likeness (QED) is 0.0608. The van der Waals surface area contributed by atoms with Gasteiger partial charge in [0.25, 0.3) is 0 Å². The number of hydrogen-bond donors (Lipinski definition) is 7. The van der Waals surface area contributed by atoms with Crippen LogP contribution in [0.4, 0.5) is 5.82 Å². The van der Waals surface area contributed by atoms with Crippen molar-refractivity contribution in [2.45, 2.75) is 42.3 Å². The van der Waals surface area contributed by atoms with Gasteiger partial charge in [-0.1, -0.05) is 6.08 Å². The molecule has 7 atom stereocenters. The molecular weight excluding hydrogens is 564 g/mol. The van der Waals surface area contributed by atoms with Crippen molar-refractivity contribution < 1.29 is 54.8 Å². The third-order valence-corrected chi connectivity index (χ3v) is 7.36. The summed E-state index contributed by atoms with van der Waals surface area (Å²) in [4.78, 5) is 17.2. The third kappa shape index (κ3) is 9.66. The summed E-state index contributed by atoms with van der Waals surface area (Å²) in [5, 5.41) is 21.4. The molecule has 1 saturated heterocycles. The Kier molecular flexibility index (Phi) is 10.7. The maximum absolute atomic E-state index is 10.5. The van der Waals surface area contributed by atoms with Gasteiger partial charge in [0.2, 0.25) is 10.4 Å². The SMILES string of the molecule is C[S+](C[C@H]1O[C@@H](n2cnc3c(N)ncnc32)[C@H](O)[C@@H]1O)C1C=CC(ON)C1.O=S(=O)(O)O.O=S(=O)([O-])O. The van der Waals surface area contributed by atoms with Gasteiger partial charge < -0.3 is 25.2 Å². The van der Waals surface area contributed by atoms with Crippen LogP contribution in [0.5, 0.6) is 0 Å². The van der Waals surface area contributed by atoms with Crippen LogP contribution in [-0.4, -0.2) is 106 Å². The zero-order valence-electron chi connectivity index (χ0n) is 18.9. The Balaban J connectivity index is 0.000000412. The summed E-state index contributed by atoms with van der Waals surface area (Å²) in [5.41, 5.74) is 6.70. The first-order valence-electron chi connectivity index (χ1n) is 9.97. The van der Waals surface area contributed by atoms with Crippen LogP contribution in [0.3, 0.4) is 0 Å². The Morgan fingerprint density at radius 3 is 2.30 bits per heavy atom. The van der Waals surface area contributed by atoms with Crippen LogP contribution in [0.1, 0.15) is 12.6 Å². The van der Waals surface area contributed by atoms with Gasteiger partial charge >= 0.3 is 10.4 Å². The molecule has 9 N–H and O–H groups in total. The number of nitrogens with zero attached hydrogens (tertiary/aromatic N) is 4. The Morgan fingerprint density at radius 1 is 1.16 bits per heavy atom. The molecule has 2 aromatic rings. The minimum atomic E-state index is -4.92. The van der Waals surface area contributed by atoms with Gasteiger partial charge in [0.1, 0.15) is 47.3 Å². The predicted molar refractivity (Wildman–Crippen MR) is 127 cm³/mol. The molecule has 210 valence electrons. The molecule has 4 rings (SSSR count). The molecule has 0 spiro atoms. The molecule has 3 unspecified atom stereocenters. The van der Waals surface area contributed by atoms with E-state index in [9.17, 15) is 10.2 Å². The molecule has 2 aromatic heterocycles. The molecule has 0 bridgehead atoms. The number of aromatic nitrogens is 4. The minimum Gasteiger partial charge on any atom is -0.726 e. The van der Waals surface area contributed by atoms with Crippen LogP contribution < -0.4 is 11.6 Å². The van der Waals surface area contributed by atoms with Gasteiger partial charge in [-0.25, -0.2) is 29.3 Å². The van der Waals surface area contributed by atoms with Gasteiger partial charge in [0.15, 0.2) is 17.7 Å². The van der Waals surface area contributed by atoms with E-state index >= 15 is 0 Å². The van der Waals surface area contributed by atoms with Crippen LogP contribution >= 0.6 is 0 Å². The summed E-state index contributed by atoms with van der Waals surface area (Å²) in [6.07, 6.45) is 6.34. The molecule has 21 heteroatoms. The molecule has 2 aliphatic rings. The van der Waals surface area contributed by atoms with E-state index < -0.39 is 45.3 Å². The lowest BCUT2D eigenvalue weighted by atomic mass is 10.1. The van der Waals surface area contributed by atoms with E-state index in [-0.39, 0.29) is 22.8 Å². The average molecular weight is 591 g/mol. The standard InChI is InChI=1S/C16H23N6O4S.2H2O4S/c1-27(9-3-2-8(4-9)26-18)5-10-12(23)13(24)16(25-10)22-7-21-11-14(17)19-6-20-15(11)22;2*1-5(2,3)4/h2-3,6-10,12-13,16,23-24H,4-5,18H2,1H3,(H2,17,19,20);2*(H2,1,2,3,4)/q+1;;/p-1/t8?,9?,10-,12-,13-,16-,27?;;/m1../s1. The van der Waals surface area contributed by atoms with Crippen molar-refractivity contribution in [1.82, 2.24) is 19.5 Å². The van der Waals surface area contributed by atoms with Gasteiger partial charge in [-0.05, 0) is 17.0 Å². The van der Waals surface area contributed by atoms with Crippen LogP contribution in [0.25, 0.3) is 11.2 Å². The summed E-state index contributed by atoms with van der Waals surface area (Å²) in [6, 6.07) is 0. The second-order valence-electron chi connectivity index (χ2n) is 7.70. The highest BCUT2D eigenvalue weighted by Crippen LogP contribution is 2.33. The minimum absolute atomic E-state index is 0.0693. The van der Waals surface area contributed by atoms with Gasteiger partial charge in [-0.15, -0.1) is 0 Å². The number of nitrogens with two attached hydrogens (primary N) is 2. The summed E-state index contributed by atoms with van der Waals surface area (Å²) in [7, 11) is -9.66. The Labute approximate surface area is 213 Å². The number of hydrogen-bond acceptors (Lipinski definition) is 14. The number of fused-ring (bicyclic) bond motifs is 1. The van der Waals surface area contributed by atoms with Crippen molar-refractivity contribution in [3.63, 3.8) is 0 Å².